The van der Waals surface area contributed by atoms with Crippen LogP contribution in [0.4, 0.5) is 5.69 Å². The zero-order valence-corrected chi connectivity index (χ0v) is 9.92. The molecule has 17 heavy (non-hydrogen) atoms. The van der Waals surface area contributed by atoms with Gasteiger partial charge in [0.25, 0.3) is 0 Å². The topological polar surface area (TPSA) is 75.7 Å². The number of hydrogen-bond donors (Lipinski definition) is 2. The predicted octanol–water partition coefficient (Wildman–Crippen LogP) is 2.34. The number of carbonyl (C=O) groups is 1. The number of aliphatic carboxylic acids is 1. The molecule has 4 nitrogen and oxygen atoms in total. The first kappa shape index (κ1) is 13.0. The Bertz CT molecular complexity index is 448. The smallest absolute Gasteiger partial charge is 0.339 e. The van der Waals surface area contributed by atoms with E-state index < -0.39 is 5.97 Å². The van der Waals surface area contributed by atoms with Gasteiger partial charge in [0.05, 0.1) is 17.0 Å². The fraction of sp³-hybridized carbons (Fsp3) is 0.231. The molecule has 0 unspecified atom stereocenters. The van der Waals surface area contributed by atoms with Gasteiger partial charge in [-0.1, -0.05) is 32.0 Å². The van der Waals surface area contributed by atoms with Gasteiger partial charge in [0.1, 0.15) is 0 Å². The zero-order valence-electron chi connectivity index (χ0n) is 9.92. The summed E-state index contributed by atoms with van der Waals surface area (Å²) in [6.45, 7) is 3.77. The highest BCUT2D eigenvalue weighted by Crippen LogP contribution is 2.16. The lowest BCUT2D eigenvalue weighted by Crippen LogP contribution is -2.19. The van der Waals surface area contributed by atoms with E-state index in [1.807, 2.05) is 44.2 Å². The average molecular weight is 232 g/mol. The first-order valence-corrected chi connectivity index (χ1v) is 5.35. The molecular formula is C13H16N2O2. The predicted molar refractivity (Wildman–Crippen MR) is 68.3 cm³/mol. The minimum absolute atomic E-state index is 0.0129. The number of para-hydroxylation sites is 1. The summed E-state index contributed by atoms with van der Waals surface area (Å²) in [5, 5.41) is 9.04. The number of carboxylic acid groups (broad SMARTS) is 1. The Morgan fingerprint density at radius 2 is 1.94 bits per heavy atom. The third-order valence-electron chi connectivity index (χ3n) is 2.23. The summed E-state index contributed by atoms with van der Waals surface area (Å²) in [6, 6.07) is 9.22. The van der Waals surface area contributed by atoms with Crippen molar-refractivity contribution in [2.45, 2.75) is 13.8 Å². The monoisotopic (exact) mass is 232 g/mol. The molecule has 1 rings (SSSR count). The molecule has 0 aliphatic heterocycles. The molecule has 3 N–H and O–H groups in total. The van der Waals surface area contributed by atoms with Crippen LogP contribution in [0.25, 0.3) is 0 Å². The Balaban J connectivity index is 3.19. The van der Waals surface area contributed by atoms with Gasteiger partial charge in [-0.05, 0) is 18.1 Å². The van der Waals surface area contributed by atoms with Gasteiger partial charge in [0.15, 0.2) is 0 Å². The maximum Gasteiger partial charge on any atom is 0.339 e. The maximum absolute atomic E-state index is 11.0. The van der Waals surface area contributed by atoms with Crippen LogP contribution in [0.2, 0.25) is 0 Å². The van der Waals surface area contributed by atoms with E-state index in [1.54, 1.807) is 0 Å². The Kier molecular flexibility index (Phi) is 4.46. The first-order valence-electron chi connectivity index (χ1n) is 5.35. The number of nitrogens with two attached hydrogens (primary N) is 1. The van der Waals surface area contributed by atoms with Crippen molar-refractivity contribution >= 4 is 17.4 Å². The molecule has 0 atom stereocenters. The summed E-state index contributed by atoms with van der Waals surface area (Å²) in [7, 11) is 0. The van der Waals surface area contributed by atoms with E-state index in [9.17, 15) is 4.79 Å². The van der Waals surface area contributed by atoms with Crippen LogP contribution in [0.1, 0.15) is 13.8 Å². The molecule has 0 aliphatic rings. The second-order valence-corrected chi connectivity index (χ2v) is 3.87. The van der Waals surface area contributed by atoms with E-state index in [0.717, 1.165) is 11.9 Å². The fourth-order valence-electron chi connectivity index (χ4n) is 1.41. The van der Waals surface area contributed by atoms with Gasteiger partial charge in [-0.2, -0.15) is 0 Å². The van der Waals surface area contributed by atoms with Crippen LogP contribution in [0.5, 0.6) is 0 Å². The van der Waals surface area contributed by atoms with Crippen molar-refractivity contribution in [2.24, 2.45) is 16.6 Å². The molecular weight excluding hydrogens is 216 g/mol. The molecule has 0 saturated heterocycles. The minimum Gasteiger partial charge on any atom is -0.478 e. The normalized spacial score (nSPS) is 12.9. The number of carboxylic acids is 1. The molecule has 1 aromatic rings. The van der Waals surface area contributed by atoms with Gasteiger partial charge in [-0.25, -0.2) is 4.79 Å². The second-order valence-electron chi connectivity index (χ2n) is 3.87. The Morgan fingerprint density at radius 1 is 1.35 bits per heavy atom. The van der Waals surface area contributed by atoms with Crippen molar-refractivity contribution in [3.8, 4) is 0 Å². The van der Waals surface area contributed by atoms with Crippen LogP contribution in [0, 0.1) is 5.92 Å². The quantitative estimate of drug-likeness (QED) is 0.618. The summed E-state index contributed by atoms with van der Waals surface area (Å²) >= 11 is 0. The van der Waals surface area contributed by atoms with E-state index in [4.69, 9.17) is 10.8 Å². The SMILES string of the molecule is CC(C)C(=Nc1ccccc1)/C(=C\N)C(=O)O. The van der Waals surface area contributed by atoms with Gasteiger partial charge in [-0.3, -0.25) is 4.99 Å². The summed E-state index contributed by atoms with van der Waals surface area (Å²) in [4.78, 5) is 15.4. The van der Waals surface area contributed by atoms with Crippen molar-refractivity contribution in [3.63, 3.8) is 0 Å². The first-order chi connectivity index (χ1) is 8.06. The van der Waals surface area contributed by atoms with Crippen LogP contribution >= 0.6 is 0 Å². The molecule has 0 heterocycles. The highest BCUT2D eigenvalue weighted by Gasteiger charge is 2.17. The van der Waals surface area contributed by atoms with Gasteiger partial charge >= 0.3 is 5.97 Å². The third-order valence-corrected chi connectivity index (χ3v) is 2.23. The molecule has 0 aliphatic carbocycles. The number of aliphatic imine (C=N–C) groups is 1. The number of nitrogens with zero attached hydrogens (tertiary/aromatic N) is 1. The van der Waals surface area contributed by atoms with E-state index in [1.165, 1.54) is 0 Å². The van der Waals surface area contributed by atoms with Gasteiger partial charge < -0.3 is 10.8 Å². The number of hydrogen-bond acceptors (Lipinski definition) is 3. The van der Waals surface area contributed by atoms with E-state index in [0.29, 0.717) is 5.71 Å². The molecule has 90 valence electrons. The minimum atomic E-state index is -1.06. The second kappa shape index (κ2) is 5.84. The molecule has 0 bridgehead atoms. The summed E-state index contributed by atoms with van der Waals surface area (Å²) in [5.74, 6) is -1.07. The molecule has 0 spiro atoms. The zero-order chi connectivity index (χ0) is 12.8. The van der Waals surface area contributed by atoms with E-state index in [-0.39, 0.29) is 11.5 Å². The lowest BCUT2D eigenvalue weighted by molar-refractivity contribution is -0.132. The summed E-state index contributed by atoms with van der Waals surface area (Å²) in [6.07, 6.45) is 1.09. The number of benzene rings is 1. The van der Waals surface area contributed by atoms with Crippen molar-refractivity contribution in [1.29, 1.82) is 0 Å². The van der Waals surface area contributed by atoms with Crippen molar-refractivity contribution in [1.82, 2.24) is 0 Å². The highest BCUT2D eigenvalue weighted by atomic mass is 16.4. The van der Waals surface area contributed by atoms with Gasteiger partial charge in [0.2, 0.25) is 0 Å². The third kappa shape index (κ3) is 3.45. The molecule has 4 heteroatoms. The standard InChI is InChI=1S/C13H16N2O2/c1-9(2)12(11(8-14)13(16)17)15-10-6-4-3-5-7-10/h3-9H,14H2,1-2H3,(H,16,17)/b11-8+,15-12?. The average Bonchev–Trinajstić information content (AvgIpc) is 2.29. The lowest BCUT2D eigenvalue weighted by Gasteiger charge is -2.10. The molecule has 0 fully saturated rings. The largest absolute Gasteiger partial charge is 0.478 e. The van der Waals surface area contributed by atoms with Gasteiger partial charge in [0, 0.05) is 6.20 Å². The van der Waals surface area contributed by atoms with Crippen LogP contribution in [-0.4, -0.2) is 16.8 Å². The fourth-order valence-corrected chi connectivity index (χ4v) is 1.41. The van der Waals surface area contributed by atoms with Crippen LogP contribution in [-0.2, 0) is 4.79 Å². The molecule has 0 radical (unpaired) electrons. The Hall–Kier alpha value is -2.10. The van der Waals surface area contributed by atoms with E-state index in [2.05, 4.69) is 4.99 Å². The Morgan fingerprint density at radius 3 is 2.35 bits per heavy atom. The van der Waals surface area contributed by atoms with Crippen molar-refractivity contribution in [2.75, 3.05) is 0 Å². The summed E-state index contributed by atoms with van der Waals surface area (Å²) in [5.41, 5.74) is 6.58. The lowest BCUT2D eigenvalue weighted by atomic mass is 10.0. The van der Waals surface area contributed by atoms with Gasteiger partial charge in [-0.15, -0.1) is 0 Å². The molecule has 0 amide bonds. The van der Waals surface area contributed by atoms with Crippen LogP contribution in [0.3, 0.4) is 0 Å². The number of rotatable bonds is 4. The maximum atomic E-state index is 11.0. The highest BCUT2D eigenvalue weighted by molar-refractivity contribution is 6.20. The Labute approximate surface area is 100 Å². The summed E-state index contributed by atoms with van der Waals surface area (Å²) < 4.78 is 0. The van der Waals surface area contributed by atoms with Crippen LogP contribution in [0.15, 0.2) is 47.1 Å². The molecule has 1 aromatic carbocycles. The van der Waals surface area contributed by atoms with Crippen molar-refractivity contribution < 1.29 is 9.90 Å². The molecule has 0 saturated carbocycles. The van der Waals surface area contributed by atoms with Crippen LogP contribution < -0.4 is 5.73 Å². The molecule has 0 aromatic heterocycles. The van der Waals surface area contributed by atoms with E-state index >= 15 is 0 Å². The van der Waals surface area contributed by atoms with Crippen molar-refractivity contribution in [3.05, 3.63) is 42.1 Å².